The molecule has 1 N–H and O–H groups in total. The fraction of sp³-hybridized carbons (Fsp3) is 0.667. The van der Waals surface area contributed by atoms with Crippen LogP contribution in [0.4, 0.5) is 4.79 Å². The molecule has 1 aromatic rings. The minimum absolute atomic E-state index is 0.0705. The zero-order valence-corrected chi connectivity index (χ0v) is 13.7. The first-order chi connectivity index (χ1) is 10.1. The molecule has 0 aliphatic carbocycles. The smallest absolute Gasteiger partial charge is 0.317 e. The largest absolute Gasteiger partial charge is 0.467 e. The van der Waals surface area contributed by atoms with Crippen LogP contribution in [0.1, 0.15) is 31.6 Å². The second-order valence-corrected chi connectivity index (χ2v) is 6.73. The molecule has 21 heavy (non-hydrogen) atoms. The van der Waals surface area contributed by atoms with Crippen molar-refractivity contribution in [3.05, 3.63) is 24.2 Å². The Labute approximate surface area is 130 Å². The number of carbonyl (C=O) groups excluding carboxylic acids is 1. The van der Waals surface area contributed by atoms with E-state index in [2.05, 4.69) is 11.6 Å². The number of amides is 2. The van der Waals surface area contributed by atoms with Gasteiger partial charge in [0.25, 0.3) is 0 Å². The monoisotopic (exact) mass is 312 g/mol. The van der Waals surface area contributed by atoms with Gasteiger partial charge in [-0.25, -0.2) is 4.79 Å². The molecule has 2 amide bonds. The molecule has 0 saturated carbocycles. The second kappa shape index (κ2) is 7.22. The van der Waals surface area contributed by atoms with Crippen molar-refractivity contribution >= 4 is 17.8 Å². The molecule has 1 atom stereocenters. The number of hydrogen-bond donors (Lipinski definition) is 1. The number of nitrogens with zero attached hydrogens (tertiary/aromatic N) is 1. The highest BCUT2D eigenvalue weighted by atomic mass is 32.2. The predicted octanol–water partition coefficient (Wildman–Crippen LogP) is 2.89. The van der Waals surface area contributed by atoms with E-state index in [1.807, 2.05) is 30.8 Å². The van der Waals surface area contributed by atoms with Crippen molar-refractivity contribution in [2.75, 3.05) is 33.1 Å². The SMILES string of the molecule is CSC1(CNC(=O)N(C)[C@H](C)c2ccco2)CCOCC1. The lowest BCUT2D eigenvalue weighted by Gasteiger charge is -2.36. The summed E-state index contributed by atoms with van der Waals surface area (Å²) < 4.78 is 10.9. The van der Waals surface area contributed by atoms with Gasteiger partial charge in [0.1, 0.15) is 5.76 Å². The van der Waals surface area contributed by atoms with Gasteiger partial charge in [0, 0.05) is 31.6 Å². The molecule has 1 aliphatic rings. The molecule has 2 rings (SSSR count). The van der Waals surface area contributed by atoms with Gasteiger partial charge in [0.05, 0.1) is 12.3 Å². The zero-order valence-electron chi connectivity index (χ0n) is 12.9. The molecule has 0 unspecified atom stereocenters. The van der Waals surface area contributed by atoms with Crippen LogP contribution in [0.15, 0.2) is 22.8 Å². The van der Waals surface area contributed by atoms with E-state index in [-0.39, 0.29) is 16.8 Å². The highest BCUT2D eigenvalue weighted by Crippen LogP contribution is 2.33. The number of thioether (sulfide) groups is 1. The Morgan fingerprint density at radius 1 is 1.52 bits per heavy atom. The second-order valence-electron chi connectivity index (χ2n) is 5.46. The van der Waals surface area contributed by atoms with Crippen molar-refractivity contribution in [3.63, 3.8) is 0 Å². The van der Waals surface area contributed by atoms with Gasteiger partial charge in [-0.2, -0.15) is 11.8 Å². The summed E-state index contributed by atoms with van der Waals surface area (Å²) in [5.74, 6) is 0.790. The number of rotatable bonds is 5. The maximum Gasteiger partial charge on any atom is 0.317 e. The molecule has 6 heteroatoms. The van der Waals surface area contributed by atoms with Crippen LogP contribution in [0.2, 0.25) is 0 Å². The van der Waals surface area contributed by atoms with Crippen molar-refractivity contribution in [2.45, 2.75) is 30.6 Å². The fourth-order valence-electron chi connectivity index (χ4n) is 2.45. The summed E-state index contributed by atoms with van der Waals surface area (Å²) in [5.41, 5.74) is 0. The molecule has 118 valence electrons. The summed E-state index contributed by atoms with van der Waals surface area (Å²) in [5, 5.41) is 3.06. The van der Waals surface area contributed by atoms with Gasteiger partial charge in [-0.05, 0) is 38.2 Å². The third-order valence-corrected chi connectivity index (χ3v) is 5.67. The lowest BCUT2D eigenvalue weighted by Crippen LogP contribution is -2.48. The van der Waals surface area contributed by atoms with Crippen LogP contribution in [-0.2, 0) is 4.74 Å². The van der Waals surface area contributed by atoms with Gasteiger partial charge < -0.3 is 19.4 Å². The number of urea groups is 1. The van der Waals surface area contributed by atoms with Gasteiger partial charge >= 0.3 is 6.03 Å². The molecule has 1 saturated heterocycles. The molecule has 1 aromatic heterocycles. The molecule has 0 radical (unpaired) electrons. The van der Waals surface area contributed by atoms with Gasteiger partial charge in [-0.1, -0.05) is 0 Å². The summed E-state index contributed by atoms with van der Waals surface area (Å²) in [4.78, 5) is 14.0. The highest BCUT2D eigenvalue weighted by Gasteiger charge is 2.32. The first-order valence-corrected chi connectivity index (χ1v) is 8.47. The molecule has 5 nitrogen and oxygen atoms in total. The Morgan fingerprint density at radius 3 is 2.81 bits per heavy atom. The number of carbonyl (C=O) groups is 1. The first-order valence-electron chi connectivity index (χ1n) is 7.25. The van der Waals surface area contributed by atoms with Crippen LogP contribution < -0.4 is 5.32 Å². The first kappa shape index (κ1) is 16.2. The van der Waals surface area contributed by atoms with Crippen LogP contribution in [0.25, 0.3) is 0 Å². The van der Waals surface area contributed by atoms with Crippen LogP contribution in [0.3, 0.4) is 0 Å². The van der Waals surface area contributed by atoms with E-state index in [0.29, 0.717) is 6.54 Å². The van der Waals surface area contributed by atoms with Crippen molar-refractivity contribution in [1.82, 2.24) is 10.2 Å². The molecule has 0 spiro atoms. The van der Waals surface area contributed by atoms with Crippen LogP contribution in [0, 0.1) is 0 Å². The van der Waals surface area contributed by atoms with Crippen molar-refractivity contribution in [1.29, 1.82) is 0 Å². The van der Waals surface area contributed by atoms with Crippen LogP contribution in [-0.4, -0.2) is 48.7 Å². The maximum absolute atomic E-state index is 12.3. The molecule has 1 fully saturated rings. The maximum atomic E-state index is 12.3. The molecular formula is C15H24N2O3S. The van der Waals surface area contributed by atoms with Gasteiger partial charge in [0.2, 0.25) is 0 Å². The third-order valence-electron chi connectivity index (χ3n) is 4.26. The average Bonchev–Trinajstić information content (AvgIpc) is 3.06. The zero-order chi connectivity index (χ0) is 15.3. The number of hydrogen-bond acceptors (Lipinski definition) is 4. The fourth-order valence-corrected chi connectivity index (χ4v) is 3.25. The molecule has 2 heterocycles. The van der Waals surface area contributed by atoms with Crippen molar-refractivity contribution < 1.29 is 13.9 Å². The highest BCUT2D eigenvalue weighted by molar-refractivity contribution is 8.00. The number of ether oxygens (including phenoxy) is 1. The van der Waals surface area contributed by atoms with Crippen LogP contribution in [0.5, 0.6) is 0 Å². The quantitative estimate of drug-likeness (QED) is 0.908. The van der Waals surface area contributed by atoms with Gasteiger partial charge in [-0.15, -0.1) is 0 Å². The summed E-state index contributed by atoms with van der Waals surface area (Å²) in [6, 6.07) is 3.57. The molecule has 0 aromatic carbocycles. The molecule has 1 aliphatic heterocycles. The Hall–Kier alpha value is -1.14. The average molecular weight is 312 g/mol. The van der Waals surface area contributed by atoms with Crippen molar-refractivity contribution in [3.8, 4) is 0 Å². The lowest BCUT2D eigenvalue weighted by molar-refractivity contribution is 0.0771. The lowest BCUT2D eigenvalue weighted by atomic mass is 9.99. The topological polar surface area (TPSA) is 54.7 Å². The van der Waals surface area contributed by atoms with E-state index in [9.17, 15) is 4.79 Å². The predicted molar refractivity (Wildman–Crippen MR) is 84.6 cm³/mol. The van der Waals surface area contributed by atoms with E-state index in [1.54, 1.807) is 18.2 Å². The van der Waals surface area contributed by atoms with E-state index in [4.69, 9.17) is 9.15 Å². The Balaban J connectivity index is 1.88. The molecule has 0 bridgehead atoms. The number of nitrogens with one attached hydrogen (secondary N) is 1. The summed E-state index contributed by atoms with van der Waals surface area (Å²) in [7, 11) is 1.79. The van der Waals surface area contributed by atoms with Gasteiger partial charge in [-0.3, -0.25) is 0 Å². The minimum atomic E-state index is -0.0834. The summed E-state index contributed by atoms with van der Waals surface area (Å²) in [6.07, 6.45) is 5.69. The van der Waals surface area contributed by atoms with E-state index in [1.165, 1.54) is 0 Å². The van der Waals surface area contributed by atoms with Gasteiger partial charge in [0.15, 0.2) is 0 Å². The summed E-state index contributed by atoms with van der Waals surface area (Å²) >= 11 is 1.82. The minimum Gasteiger partial charge on any atom is -0.467 e. The van der Waals surface area contributed by atoms with Crippen LogP contribution >= 0.6 is 11.8 Å². The Bertz CT molecular complexity index is 444. The molecular weight excluding hydrogens is 288 g/mol. The Morgan fingerprint density at radius 2 is 2.24 bits per heavy atom. The standard InChI is InChI=1S/C15H24N2O3S/c1-12(13-5-4-8-20-13)17(2)14(18)16-11-15(21-3)6-9-19-10-7-15/h4-5,8,12H,6-7,9-11H2,1-3H3,(H,16,18)/t12-/m1/s1. The van der Waals surface area contributed by atoms with E-state index >= 15 is 0 Å². The van der Waals surface area contributed by atoms with Crippen molar-refractivity contribution in [2.24, 2.45) is 0 Å². The van der Waals surface area contributed by atoms with E-state index in [0.717, 1.165) is 31.8 Å². The number of furan rings is 1. The normalized spacial score (nSPS) is 19.0. The third kappa shape index (κ3) is 3.95. The summed E-state index contributed by atoms with van der Waals surface area (Å²) in [6.45, 7) is 4.17. The Kier molecular flexibility index (Phi) is 5.58. The van der Waals surface area contributed by atoms with E-state index < -0.39 is 0 Å².